The molecule has 3 rings (SSSR count). The third kappa shape index (κ3) is 5.13. The second-order valence-corrected chi connectivity index (χ2v) is 9.29. The lowest BCUT2D eigenvalue weighted by molar-refractivity contribution is 0.0730. The van der Waals surface area contributed by atoms with Gasteiger partial charge in [0.1, 0.15) is 0 Å². The lowest BCUT2D eigenvalue weighted by atomic mass is 10.1. The Morgan fingerprint density at radius 1 is 1.17 bits per heavy atom. The molecule has 1 aliphatic rings. The van der Waals surface area contributed by atoms with Crippen LogP contribution in [-0.4, -0.2) is 50.7 Å². The highest BCUT2D eigenvalue weighted by Crippen LogP contribution is 2.32. The zero-order chi connectivity index (χ0) is 21.0. The van der Waals surface area contributed by atoms with Gasteiger partial charge in [-0.05, 0) is 36.8 Å². The van der Waals surface area contributed by atoms with Gasteiger partial charge in [-0.3, -0.25) is 4.79 Å². The predicted octanol–water partition coefficient (Wildman–Crippen LogP) is 3.58. The first-order chi connectivity index (χ1) is 13.8. The van der Waals surface area contributed by atoms with Gasteiger partial charge in [0.25, 0.3) is 11.7 Å². The van der Waals surface area contributed by atoms with Crippen molar-refractivity contribution in [2.75, 3.05) is 31.6 Å². The molecule has 0 radical (unpaired) electrons. The van der Waals surface area contributed by atoms with Gasteiger partial charge in [0.2, 0.25) is 10.0 Å². The Balaban J connectivity index is 1.88. The van der Waals surface area contributed by atoms with Crippen LogP contribution in [0.1, 0.15) is 15.9 Å². The number of ether oxygens (including phenoxy) is 1. The summed E-state index contributed by atoms with van der Waals surface area (Å²) in [5.41, 5.74) is 0.974. The van der Waals surface area contributed by atoms with Gasteiger partial charge < -0.3 is 10.1 Å². The molecule has 1 saturated heterocycles. The minimum absolute atomic E-state index is 0.00499. The second-order valence-electron chi connectivity index (χ2n) is 6.32. The van der Waals surface area contributed by atoms with Crippen molar-refractivity contribution >= 4 is 33.4 Å². The fraction of sp³-hybridized carbons (Fsp3) is 0.316. The first kappa shape index (κ1) is 21.7. The smallest absolute Gasteiger partial charge is 0.288 e. The van der Waals surface area contributed by atoms with Crippen LogP contribution < -0.4 is 5.32 Å². The molecule has 1 amide bonds. The van der Waals surface area contributed by atoms with Crippen LogP contribution in [-0.2, 0) is 14.8 Å². The quantitative estimate of drug-likeness (QED) is 0.692. The van der Waals surface area contributed by atoms with Gasteiger partial charge in [-0.2, -0.15) is 13.1 Å². The molecule has 156 valence electrons. The van der Waals surface area contributed by atoms with Crippen LogP contribution >= 0.6 is 11.8 Å². The van der Waals surface area contributed by atoms with Crippen LogP contribution in [0.5, 0.6) is 0 Å². The van der Waals surface area contributed by atoms with E-state index in [2.05, 4.69) is 5.32 Å². The van der Waals surface area contributed by atoms with Crippen LogP contribution in [0.4, 0.5) is 14.5 Å². The molecule has 0 saturated carbocycles. The first-order valence-electron chi connectivity index (χ1n) is 8.83. The average Bonchev–Trinajstić information content (AvgIpc) is 2.70. The van der Waals surface area contributed by atoms with Crippen molar-refractivity contribution in [3.63, 3.8) is 0 Å². The van der Waals surface area contributed by atoms with Gasteiger partial charge in [0, 0.05) is 23.5 Å². The summed E-state index contributed by atoms with van der Waals surface area (Å²) in [4.78, 5) is 13.0. The van der Waals surface area contributed by atoms with E-state index in [1.54, 1.807) is 25.1 Å². The second kappa shape index (κ2) is 9.21. The molecular formula is C19H20F2N2O4S2. The van der Waals surface area contributed by atoms with E-state index in [1.807, 2.05) is 0 Å². The van der Waals surface area contributed by atoms with E-state index < -0.39 is 21.7 Å². The van der Waals surface area contributed by atoms with Crippen molar-refractivity contribution in [3.05, 3.63) is 53.6 Å². The monoisotopic (exact) mass is 442 g/mol. The lowest BCUT2D eigenvalue weighted by Crippen LogP contribution is -2.40. The van der Waals surface area contributed by atoms with Crippen LogP contribution in [0.15, 0.2) is 52.3 Å². The molecule has 1 heterocycles. The topological polar surface area (TPSA) is 75.7 Å². The maximum Gasteiger partial charge on any atom is 0.288 e. The number of anilines is 1. The minimum Gasteiger partial charge on any atom is -0.379 e. The average molecular weight is 443 g/mol. The van der Waals surface area contributed by atoms with Gasteiger partial charge in [0.05, 0.1) is 23.8 Å². The number of amides is 1. The molecule has 0 unspecified atom stereocenters. The molecule has 1 fully saturated rings. The molecule has 0 spiro atoms. The number of sulfonamides is 1. The maximum absolute atomic E-state index is 12.9. The Hall–Kier alpha value is -2.01. The number of para-hydroxylation sites is 1. The number of rotatable bonds is 6. The van der Waals surface area contributed by atoms with Crippen molar-refractivity contribution in [1.29, 1.82) is 0 Å². The first-order valence-corrected chi connectivity index (χ1v) is 11.1. The summed E-state index contributed by atoms with van der Waals surface area (Å²) in [6.07, 6.45) is 0. The van der Waals surface area contributed by atoms with Crippen molar-refractivity contribution in [2.45, 2.75) is 22.5 Å². The normalized spacial score (nSPS) is 15.4. The van der Waals surface area contributed by atoms with E-state index in [9.17, 15) is 22.0 Å². The third-order valence-corrected chi connectivity index (χ3v) is 7.10. The fourth-order valence-electron chi connectivity index (χ4n) is 2.90. The number of carbonyl (C=O) groups excluding carboxylic acids is 1. The summed E-state index contributed by atoms with van der Waals surface area (Å²) in [7, 11) is -3.76. The van der Waals surface area contributed by atoms with Gasteiger partial charge in [-0.1, -0.05) is 30.0 Å². The van der Waals surface area contributed by atoms with Gasteiger partial charge in [0.15, 0.2) is 0 Å². The van der Waals surface area contributed by atoms with Crippen molar-refractivity contribution in [1.82, 2.24) is 4.31 Å². The van der Waals surface area contributed by atoms with E-state index in [0.29, 0.717) is 30.5 Å². The highest BCUT2D eigenvalue weighted by Gasteiger charge is 2.27. The molecule has 0 aliphatic carbocycles. The number of carbonyl (C=O) groups is 1. The summed E-state index contributed by atoms with van der Waals surface area (Å²) in [6.45, 7) is 2.81. The highest BCUT2D eigenvalue weighted by atomic mass is 32.2. The van der Waals surface area contributed by atoms with Crippen LogP contribution in [0, 0.1) is 6.92 Å². The molecule has 0 bridgehead atoms. The van der Waals surface area contributed by atoms with E-state index in [0.717, 1.165) is 0 Å². The third-order valence-electron chi connectivity index (χ3n) is 4.41. The maximum atomic E-state index is 12.9. The minimum atomic E-state index is -3.76. The Kier molecular flexibility index (Phi) is 6.89. The summed E-state index contributed by atoms with van der Waals surface area (Å²) in [6, 6.07) is 10.6. The number of alkyl halides is 2. The van der Waals surface area contributed by atoms with E-state index >= 15 is 0 Å². The molecular weight excluding hydrogens is 422 g/mol. The number of thioether (sulfide) groups is 1. The molecule has 2 aromatic rings. The zero-order valence-electron chi connectivity index (χ0n) is 15.6. The van der Waals surface area contributed by atoms with Crippen molar-refractivity contribution in [2.24, 2.45) is 0 Å². The van der Waals surface area contributed by atoms with E-state index in [-0.39, 0.29) is 34.1 Å². The molecule has 1 aliphatic heterocycles. The number of hydrogen-bond donors (Lipinski definition) is 1. The molecule has 0 aromatic heterocycles. The van der Waals surface area contributed by atoms with E-state index in [1.165, 1.54) is 28.6 Å². The lowest BCUT2D eigenvalue weighted by Gasteiger charge is -2.26. The number of halogens is 2. The van der Waals surface area contributed by atoms with Crippen molar-refractivity contribution < 1.29 is 26.7 Å². The summed E-state index contributed by atoms with van der Waals surface area (Å²) in [5, 5.41) is 2.61. The number of morpholine rings is 1. The number of aryl methyl sites for hydroxylation is 1. The van der Waals surface area contributed by atoms with Gasteiger partial charge in [-0.15, -0.1) is 0 Å². The van der Waals surface area contributed by atoms with E-state index in [4.69, 9.17) is 4.74 Å². The zero-order valence-corrected chi connectivity index (χ0v) is 17.2. The van der Waals surface area contributed by atoms with Gasteiger partial charge in [-0.25, -0.2) is 8.42 Å². The molecule has 1 N–H and O–H groups in total. The Morgan fingerprint density at radius 3 is 2.55 bits per heavy atom. The predicted molar refractivity (Wildman–Crippen MR) is 107 cm³/mol. The summed E-state index contributed by atoms with van der Waals surface area (Å²) >= 11 is 0.330. The Morgan fingerprint density at radius 2 is 1.86 bits per heavy atom. The van der Waals surface area contributed by atoms with Crippen molar-refractivity contribution in [3.8, 4) is 0 Å². The molecule has 0 atom stereocenters. The summed E-state index contributed by atoms with van der Waals surface area (Å²) < 4.78 is 57.7. The SMILES string of the molecule is Cc1ccc(S(=O)(=O)N2CCOCC2)cc1C(=O)Nc1ccccc1SC(F)F. The standard InChI is InChI=1S/C19H20F2N2O4S2/c1-13-6-7-14(29(25,26)23-8-10-27-11-9-23)12-15(13)18(24)22-16-4-2-3-5-17(16)28-19(20)21/h2-7,12,19H,8-11H2,1H3,(H,22,24). The van der Waals surface area contributed by atoms with Crippen LogP contribution in [0.2, 0.25) is 0 Å². The molecule has 6 nitrogen and oxygen atoms in total. The summed E-state index contributed by atoms with van der Waals surface area (Å²) in [5.74, 6) is -3.19. The largest absolute Gasteiger partial charge is 0.379 e. The molecule has 2 aromatic carbocycles. The highest BCUT2D eigenvalue weighted by molar-refractivity contribution is 7.99. The Bertz CT molecular complexity index is 993. The number of benzene rings is 2. The number of nitrogens with zero attached hydrogens (tertiary/aromatic N) is 1. The van der Waals surface area contributed by atoms with Crippen LogP contribution in [0.3, 0.4) is 0 Å². The molecule has 29 heavy (non-hydrogen) atoms. The number of hydrogen-bond acceptors (Lipinski definition) is 5. The molecule has 10 heteroatoms. The Labute approximate surface area is 172 Å². The number of nitrogens with one attached hydrogen (secondary N) is 1. The van der Waals surface area contributed by atoms with Crippen LogP contribution in [0.25, 0.3) is 0 Å². The fourth-order valence-corrected chi connectivity index (χ4v) is 4.93. The van der Waals surface area contributed by atoms with Gasteiger partial charge >= 0.3 is 0 Å².